The molecule has 3 saturated heterocycles. The predicted molar refractivity (Wildman–Crippen MR) is 187 cm³/mol. The molecule has 4 rings (SSSR count). The van der Waals surface area contributed by atoms with E-state index < -0.39 is 17.4 Å². The van der Waals surface area contributed by atoms with E-state index in [1.54, 1.807) is 0 Å². The minimum atomic E-state index is -1.49. The maximum absolute atomic E-state index is 15.2. The van der Waals surface area contributed by atoms with Crippen molar-refractivity contribution in [3.05, 3.63) is 35.9 Å². The lowest BCUT2D eigenvalue weighted by atomic mass is 9.61. The van der Waals surface area contributed by atoms with Crippen LogP contribution >= 0.6 is 0 Å². The number of nitrogens with one attached hydrogen (secondary N) is 1. The molecule has 3 aliphatic rings. The second kappa shape index (κ2) is 12.2. The van der Waals surface area contributed by atoms with Crippen LogP contribution in [-0.2, 0) is 25.5 Å². The van der Waals surface area contributed by atoms with Crippen molar-refractivity contribution in [1.82, 2.24) is 15.1 Å². The van der Waals surface area contributed by atoms with Gasteiger partial charge in [-0.15, -0.1) is 0 Å². The van der Waals surface area contributed by atoms with E-state index in [1.807, 2.05) is 30.3 Å². The minimum absolute atomic E-state index is 0.167. The average Bonchev–Trinajstić information content (AvgIpc) is 2.87. The zero-order valence-corrected chi connectivity index (χ0v) is 31.6. The summed E-state index contributed by atoms with van der Waals surface area (Å²) >= 11 is 0. The molecular formula is C39H65N3O4. The highest BCUT2D eigenvalue weighted by atomic mass is 16.6. The topological polar surface area (TPSA) is 71.1 Å². The first-order valence-electron chi connectivity index (χ1n) is 17.6. The molecule has 0 spiro atoms. The van der Waals surface area contributed by atoms with Gasteiger partial charge in [0.25, 0.3) is 0 Å². The third-order valence-corrected chi connectivity index (χ3v) is 12.0. The molecule has 3 heterocycles. The molecule has 7 nitrogen and oxygen atoms in total. The van der Waals surface area contributed by atoms with Crippen molar-refractivity contribution in [3.63, 3.8) is 0 Å². The summed E-state index contributed by atoms with van der Waals surface area (Å²) in [5.41, 5.74) is -1.79. The first-order chi connectivity index (χ1) is 20.8. The van der Waals surface area contributed by atoms with Gasteiger partial charge in [-0.05, 0) is 128 Å². The monoisotopic (exact) mass is 639 g/mol. The van der Waals surface area contributed by atoms with Crippen LogP contribution < -0.4 is 5.32 Å². The van der Waals surface area contributed by atoms with Crippen LogP contribution in [0, 0.1) is 11.3 Å². The van der Waals surface area contributed by atoms with E-state index >= 15 is 9.59 Å². The quantitative estimate of drug-likeness (QED) is 0.251. The minimum Gasteiger partial charge on any atom is -0.461 e. The van der Waals surface area contributed by atoms with Gasteiger partial charge in [-0.25, -0.2) is 0 Å². The molecule has 0 saturated carbocycles. The van der Waals surface area contributed by atoms with E-state index in [2.05, 4.69) is 112 Å². The van der Waals surface area contributed by atoms with Gasteiger partial charge in [0, 0.05) is 58.9 Å². The van der Waals surface area contributed by atoms with Gasteiger partial charge in [0.05, 0.1) is 0 Å². The van der Waals surface area contributed by atoms with Crippen molar-refractivity contribution >= 4 is 11.9 Å². The number of hydrogen-bond acceptors (Lipinski definition) is 7. The number of esters is 2. The van der Waals surface area contributed by atoms with E-state index in [0.717, 1.165) is 5.56 Å². The molecule has 0 aromatic heterocycles. The fourth-order valence-electron chi connectivity index (χ4n) is 9.53. The van der Waals surface area contributed by atoms with Gasteiger partial charge >= 0.3 is 11.9 Å². The normalized spacial score (nSPS) is 26.7. The standard InChI is InChI=1S/C39H65N3O4/c1-33(2)21-28(22-34(3,4)40-33)39(20-27-18-16-15-17-19-27,31(43)45-29-23-35(5,6)41(13)36(7,8)24-29)32(44)46-30-25-37(9,10)42(14)38(11,12)26-30/h15-19,28-30,40H,20-26H2,1-14H3. The Labute approximate surface area is 280 Å². The highest BCUT2D eigenvalue weighted by Gasteiger charge is 2.60. The highest BCUT2D eigenvalue weighted by Crippen LogP contribution is 2.49. The van der Waals surface area contributed by atoms with E-state index in [1.165, 1.54) is 0 Å². The Morgan fingerprint density at radius 3 is 1.35 bits per heavy atom. The Morgan fingerprint density at radius 1 is 0.652 bits per heavy atom. The third-order valence-electron chi connectivity index (χ3n) is 12.0. The molecule has 0 unspecified atom stereocenters. The van der Waals surface area contributed by atoms with Crippen LogP contribution in [0.4, 0.5) is 0 Å². The highest BCUT2D eigenvalue weighted by molar-refractivity contribution is 6.01. The molecule has 0 atom stereocenters. The number of nitrogens with zero attached hydrogens (tertiary/aromatic N) is 2. The second-order valence-electron chi connectivity index (χ2n) is 18.9. The van der Waals surface area contributed by atoms with Crippen LogP contribution in [0.25, 0.3) is 0 Å². The van der Waals surface area contributed by atoms with Gasteiger partial charge in [0.1, 0.15) is 12.2 Å². The molecule has 1 N–H and O–H groups in total. The van der Waals surface area contributed by atoms with Crippen molar-refractivity contribution in [1.29, 1.82) is 0 Å². The van der Waals surface area contributed by atoms with Gasteiger partial charge < -0.3 is 14.8 Å². The number of likely N-dealkylation sites (tertiary alicyclic amines) is 2. The van der Waals surface area contributed by atoms with Gasteiger partial charge in [0.2, 0.25) is 0 Å². The van der Waals surface area contributed by atoms with Crippen molar-refractivity contribution in [2.75, 3.05) is 14.1 Å². The largest absolute Gasteiger partial charge is 0.461 e. The first-order valence-corrected chi connectivity index (χ1v) is 17.6. The van der Waals surface area contributed by atoms with Crippen molar-refractivity contribution in [2.45, 2.75) is 173 Å². The Bertz CT molecular complexity index is 1160. The number of rotatable bonds is 7. The lowest BCUT2D eigenvalue weighted by Crippen LogP contribution is -2.65. The van der Waals surface area contributed by atoms with Crippen LogP contribution in [0.3, 0.4) is 0 Å². The molecule has 1 aromatic rings. The molecule has 0 aliphatic carbocycles. The van der Waals surface area contributed by atoms with E-state index in [-0.39, 0.29) is 57.8 Å². The molecular weight excluding hydrogens is 574 g/mol. The summed E-state index contributed by atoms with van der Waals surface area (Å²) in [4.78, 5) is 35.1. The summed E-state index contributed by atoms with van der Waals surface area (Å²) in [6, 6.07) is 9.99. The van der Waals surface area contributed by atoms with Crippen LogP contribution in [-0.4, -0.2) is 81.3 Å². The maximum Gasteiger partial charge on any atom is 0.324 e. The predicted octanol–water partition coefficient (Wildman–Crippen LogP) is 7.16. The summed E-state index contributed by atoms with van der Waals surface area (Å²) in [7, 11) is 4.30. The summed E-state index contributed by atoms with van der Waals surface area (Å²) in [5.74, 6) is -1.13. The zero-order chi connectivity index (χ0) is 34.7. The Balaban J connectivity index is 1.82. The van der Waals surface area contributed by atoms with Crippen LogP contribution in [0.15, 0.2) is 30.3 Å². The molecule has 0 bridgehead atoms. The molecule has 0 radical (unpaired) electrons. The summed E-state index contributed by atoms with van der Waals surface area (Å²) < 4.78 is 13.3. The average molecular weight is 640 g/mol. The van der Waals surface area contributed by atoms with Crippen molar-refractivity contribution < 1.29 is 19.1 Å². The smallest absolute Gasteiger partial charge is 0.324 e. The van der Waals surface area contributed by atoms with Crippen molar-refractivity contribution in [2.24, 2.45) is 11.3 Å². The first kappa shape index (κ1) is 36.9. The number of benzene rings is 1. The van der Waals surface area contributed by atoms with E-state index in [4.69, 9.17) is 9.47 Å². The Morgan fingerprint density at radius 2 is 1.00 bits per heavy atom. The molecule has 46 heavy (non-hydrogen) atoms. The van der Waals surface area contributed by atoms with E-state index in [9.17, 15) is 0 Å². The molecule has 7 heteroatoms. The zero-order valence-electron chi connectivity index (χ0n) is 31.6. The van der Waals surface area contributed by atoms with Crippen LogP contribution in [0.1, 0.15) is 127 Å². The van der Waals surface area contributed by atoms with Gasteiger partial charge in [-0.3, -0.25) is 19.4 Å². The Hall–Kier alpha value is -1.96. The molecule has 260 valence electrons. The molecule has 3 fully saturated rings. The summed E-state index contributed by atoms with van der Waals surface area (Å²) in [5, 5.41) is 3.78. The molecule has 1 aromatic carbocycles. The van der Waals surface area contributed by atoms with Gasteiger partial charge in [-0.2, -0.15) is 0 Å². The van der Waals surface area contributed by atoms with Crippen molar-refractivity contribution in [3.8, 4) is 0 Å². The lowest BCUT2D eigenvalue weighted by molar-refractivity contribution is -0.194. The number of carbonyl (C=O) groups is 2. The number of carbonyl (C=O) groups excluding carboxylic acids is 2. The van der Waals surface area contributed by atoms with Gasteiger partial charge in [0.15, 0.2) is 5.41 Å². The van der Waals surface area contributed by atoms with Gasteiger partial charge in [-0.1, -0.05) is 30.3 Å². The fourth-order valence-corrected chi connectivity index (χ4v) is 9.53. The number of hydrogen-bond donors (Lipinski definition) is 1. The Kier molecular flexibility index (Phi) is 9.76. The molecule has 0 amide bonds. The number of ether oxygens (including phenoxy) is 2. The summed E-state index contributed by atoms with van der Waals surface area (Å²) in [6.07, 6.45) is 3.77. The maximum atomic E-state index is 15.2. The van der Waals surface area contributed by atoms with E-state index in [0.29, 0.717) is 38.5 Å². The fraction of sp³-hybridized carbons (Fsp3) is 0.795. The molecule has 3 aliphatic heterocycles. The lowest BCUT2D eigenvalue weighted by Gasteiger charge is -2.55. The SMILES string of the molecule is CN1C(C)(C)CC(OC(=O)C(Cc2ccccc2)(C(=O)OC2CC(C)(C)N(C)C(C)(C)C2)C2CC(C)(C)NC(C)(C)C2)CC1(C)C. The third kappa shape index (κ3) is 7.52. The second-order valence-corrected chi connectivity index (χ2v) is 18.9. The number of piperidine rings is 3. The van der Waals surface area contributed by atoms with Crippen LogP contribution in [0.2, 0.25) is 0 Å². The summed E-state index contributed by atoms with van der Waals surface area (Å²) in [6.45, 7) is 26.4. The van der Waals surface area contributed by atoms with Crippen LogP contribution in [0.5, 0.6) is 0 Å².